The zero-order valence-corrected chi connectivity index (χ0v) is 18.6. The van der Waals surface area contributed by atoms with Crippen molar-refractivity contribution in [3.05, 3.63) is 69.8 Å². The Kier molecular flexibility index (Phi) is 5.86. The molecule has 0 unspecified atom stereocenters. The third-order valence-corrected chi connectivity index (χ3v) is 7.36. The first-order valence-corrected chi connectivity index (χ1v) is 11.7. The predicted molar refractivity (Wildman–Crippen MR) is 126 cm³/mol. The molecule has 29 heavy (non-hydrogen) atoms. The van der Waals surface area contributed by atoms with Gasteiger partial charge in [-0.25, -0.2) is 0 Å². The summed E-state index contributed by atoms with van der Waals surface area (Å²) in [7, 11) is 0. The van der Waals surface area contributed by atoms with Crippen LogP contribution in [0, 0.1) is 12.3 Å². The summed E-state index contributed by atoms with van der Waals surface area (Å²) in [6, 6.07) is 13.5. The Morgan fingerprint density at radius 1 is 0.828 bits per heavy atom. The summed E-state index contributed by atoms with van der Waals surface area (Å²) >= 11 is 0. The third kappa shape index (κ3) is 4.60. The minimum absolute atomic E-state index is 0.792. The molecule has 2 N–H and O–H groups in total. The zero-order chi connectivity index (χ0) is 20.4. The van der Waals surface area contributed by atoms with Crippen LogP contribution >= 0.6 is 0 Å². The second-order valence-electron chi connectivity index (χ2n) is 9.78. The first-order valence-electron chi connectivity index (χ1n) is 11.7. The van der Waals surface area contributed by atoms with E-state index in [9.17, 15) is 0 Å². The van der Waals surface area contributed by atoms with Crippen molar-refractivity contribution in [2.24, 2.45) is 5.41 Å². The maximum absolute atomic E-state index is 6.07. The maximum atomic E-state index is 6.07. The first-order chi connectivity index (χ1) is 14.0. The van der Waals surface area contributed by atoms with E-state index in [0.717, 1.165) is 23.9 Å². The van der Waals surface area contributed by atoms with Crippen molar-refractivity contribution in [3.63, 3.8) is 0 Å². The fourth-order valence-corrected chi connectivity index (χ4v) is 4.83. The Labute approximate surface area is 177 Å². The number of nitrogens with two attached hydrogens (primary N) is 1. The molecule has 3 aliphatic carbocycles. The number of rotatable bonds is 1. The summed E-state index contributed by atoms with van der Waals surface area (Å²) in [4.78, 5) is 0. The van der Waals surface area contributed by atoms with Gasteiger partial charge in [-0.3, -0.25) is 0 Å². The number of benzene rings is 2. The van der Waals surface area contributed by atoms with Crippen LogP contribution in [0.4, 0.5) is 5.69 Å². The smallest absolute Gasteiger partial charge is 0.0317 e. The largest absolute Gasteiger partial charge is 0.399 e. The van der Waals surface area contributed by atoms with Crippen LogP contribution < -0.4 is 5.73 Å². The van der Waals surface area contributed by atoms with E-state index in [4.69, 9.17) is 5.73 Å². The molecule has 1 nitrogen and oxygen atoms in total. The minimum Gasteiger partial charge on any atom is -0.399 e. The molecule has 2 fully saturated rings. The standard InChI is InChI=1S/C22H25N.C6H12/c1-15-7-11-20-17(13-15)8-9-18-14-19(23)10-12-21(18)22(20)16-5-3-2-4-6-16;1-3-6(2)4-5-6/h7,10-14H,2-6,8-9,23H2,1H3;3-5H2,1-2H3. The Morgan fingerprint density at radius 2 is 1.45 bits per heavy atom. The molecule has 0 spiro atoms. The van der Waals surface area contributed by atoms with Gasteiger partial charge in [0.2, 0.25) is 0 Å². The second-order valence-corrected chi connectivity index (χ2v) is 9.78. The SMILES string of the molecule is CCC1(C)CC1.Cc1ccc2c(c1)CCc1cc(N)ccc1C2=C1CCCCC1. The van der Waals surface area contributed by atoms with Crippen molar-refractivity contribution in [1.82, 2.24) is 0 Å². The monoisotopic (exact) mass is 387 g/mol. The van der Waals surface area contributed by atoms with Crippen molar-refractivity contribution >= 4 is 11.3 Å². The third-order valence-electron chi connectivity index (χ3n) is 7.36. The minimum atomic E-state index is 0.792. The lowest BCUT2D eigenvalue weighted by Gasteiger charge is -2.22. The van der Waals surface area contributed by atoms with E-state index in [1.165, 1.54) is 84.8 Å². The molecule has 0 heterocycles. The summed E-state index contributed by atoms with van der Waals surface area (Å²) < 4.78 is 0. The van der Waals surface area contributed by atoms with Gasteiger partial charge in [0.25, 0.3) is 0 Å². The van der Waals surface area contributed by atoms with Gasteiger partial charge in [-0.2, -0.15) is 0 Å². The van der Waals surface area contributed by atoms with E-state index in [2.05, 4.69) is 57.2 Å². The van der Waals surface area contributed by atoms with Crippen molar-refractivity contribution < 1.29 is 0 Å². The predicted octanol–water partition coefficient (Wildman–Crippen LogP) is 7.64. The number of aryl methyl sites for hydroxylation is 3. The molecule has 2 saturated carbocycles. The van der Waals surface area contributed by atoms with Crippen LogP contribution in [0.15, 0.2) is 42.0 Å². The molecular formula is C28H37N. The van der Waals surface area contributed by atoms with Crippen LogP contribution in [0.1, 0.15) is 93.0 Å². The Morgan fingerprint density at radius 3 is 2.03 bits per heavy atom. The van der Waals surface area contributed by atoms with Gasteiger partial charge >= 0.3 is 0 Å². The highest BCUT2D eigenvalue weighted by Gasteiger charge is 2.34. The van der Waals surface area contributed by atoms with Crippen LogP contribution in [0.3, 0.4) is 0 Å². The molecular weight excluding hydrogens is 350 g/mol. The van der Waals surface area contributed by atoms with Gasteiger partial charge in [-0.15, -0.1) is 0 Å². The molecule has 0 aliphatic heterocycles. The summed E-state index contributed by atoms with van der Waals surface area (Å²) in [6.07, 6.45) is 13.1. The molecule has 2 aromatic rings. The Hall–Kier alpha value is -2.02. The van der Waals surface area contributed by atoms with Gasteiger partial charge in [0.05, 0.1) is 0 Å². The number of allylic oxidation sites excluding steroid dienone is 1. The molecule has 0 amide bonds. The highest BCUT2D eigenvalue weighted by Crippen LogP contribution is 2.47. The van der Waals surface area contributed by atoms with Gasteiger partial charge in [-0.1, -0.05) is 62.1 Å². The lowest BCUT2D eigenvalue weighted by atomic mass is 9.83. The summed E-state index contributed by atoms with van der Waals surface area (Å²) in [6.45, 7) is 6.82. The van der Waals surface area contributed by atoms with Gasteiger partial charge < -0.3 is 5.73 Å². The number of anilines is 1. The molecule has 154 valence electrons. The Bertz CT molecular complexity index is 850. The fourth-order valence-electron chi connectivity index (χ4n) is 4.83. The summed E-state index contributed by atoms with van der Waals surface area (Å²) in [5.74, 6) is 0. The Balaban J connectivity index is 0.000000294. The van der Waals surface area contributed by atoms with Gasteiger partial charge in [-0.05, 0) is 104 Å². The van der Waals surface area contributed by atoms with E-state index < -0.39 is 0 Å². The van der Waals surface area contributed by atoms with Crippen LogP contribution in [-0.2, 0) is 12.8 Å². The fraction of sp³-hybridized carbons (Fsp3) is 0.500. The molecule has 0 bridgehead atoms. The summed E-state index contributed by atoms with van der Waals surface area (Å²) in [5, 5.41) is 0. The second kappa shape index (κ2) is 8.38. The molecule has 1 heteroatoms. The highest BCUT2D eigenvalue weighted by molar-refractivity contribution is 5.86. The highest BCUT2D eigenvalue weighted by atomic mass is 14.5. The van der Waals surface area contributed by atoms with Crippen LogP contribution in [0.2, 0.25) is 0 Å². The van der Waals surface area contributed by atoms with E-state index in [1.54, 1.807) is 5.57 Å². The van der Waals surface area contributed by atoms with Crippen LogP contribution in [-0.4, -0.2) is 0 Å². The van der Waals surface area contributed by atoms with E-state index in [-0.39, 0.29) is 0 Å². The lowest BCUT2D eigenvalue weighted by Crippen LogP contribution is -2.02. The normalized spacial score (nSPS) is 19.4. The van der Waals surface area contributed by atoms with Gasteiger partial charge in [0.15, 0.2) is 0 Å². The lowest BCUT2D eigenvalue weighted by molar-refractivity contribution is 0.551. The van der Waals surface area contributed by atoms with E-state index in [0.29, 0.717) is 0 Å². The number of fused-ring (bicyclic) bond motifs is 2. The number of hydrogen-bond donors (Lipinski definition) is 1. The molecule has 0 radical (unpaired) electrons. The molecule has 3 aliphatic rings. The van der Waals surface area contributed by atoms with E-state index in [1.807, 2.05) is 0 Å². The summed E-state index contributed by atoms with van der Waals surface area (Å²) in [5.41, 5.74) is 18.1. The van der Waals surface area contributed by atoms with Gasteiger partial charge in [0.1, 0.15) is 0 Å². The van der Waals surface area contributed by atoms with Crippen molar-refractivity contribution in [3.8, 4) is 0 Å². The van der Waals surface area contributed by atoms with Crippen LogP contribution in [0.25, 0.3) is 5.57 Å². The molecule has 0 saturated heterocycles. The van der Waals surface area contributed by atoms with Crippen molar-refractivity contribution in [2.75, 3.05) is 5.73 Å². The maximum Gasteiger partial charge on any atom is 0.0317 e. The average Bonchev–Trinajstić information content (AvgIpc) is 3.50. The average molecular weight is 388 g/mol. The molecule has 0 aromatic heterocycles. The molecule has 5 rings (SSSR count). The van der Waals surface area contributed by atoms with Crippen LogP contribution in [0.5, 0.6) is 0 Å². The number of nitrogen functional groups attached to an aromatic ring is 1. The van der Waals surface area contributed by atoms with Gasteiger partial charge in [0, 0.05) is 5.69 Å². The number of hydrogen-bond acceptors (Lipinski definition) is 1. The topological polar surface area (TPSA) is 26.0 Å². The van der Waals surface area contributed by atoms with E-state index >= 15 is 0 Å². The van der Waals surface area contributed by atoms with Crippen molar-refractivity contribution in [2.45, 2.75) is 85.0 Å². The van der Waals surface area contributed by atoms with Crippen molar-refractivity contribution in [1.29, 1.82) is 0 Å². The quantitative estimate of drug-likeness (QED) is 0.500. The first kappa shape index (κ1) is 20.3. The zero-order valence-electron chi connectivity index (χ0n) is 18.6. The molecule has 2 aromatic carbocycles. The molecule has 0 atom stereocenters.